The van der Waals surface area contributed by atoms with E-state index in [0.717, 1.165) is 27.3 Å². The van der Waals surface area contributed by atoms with Gasteiger partial charge >= 0.3 is 0 Å². The first kappa shape index (κ1) is 26.4. The summed E-state index contributed by atoms with van der Waals surface area (Å²) in [5, 5.41) is 2.80. The Morgan fingerprint density at radius 2 is 1.58 bits per heavy atom. The summed E-state index contributed by atoms with van der Waals surface area (Å²) < 4.78 is 26.6. The van der Waals surface area contributed by atoms with Crippen molar-refractivity contribution in [2.24, 2.45) is 0 Å². The number of para-hydroxylation sites is 1. The molecule has 0 aliphatic heterocycles. The summed E-state index contributed by atoms with van der Waals surface area (Å²) in [5.74, 6) is -0.672. The van der Waals surface area contributed by atoms with E-state index in [0.29, 0.717) is 25.1 Å². The summed E-state index contributed by atoms with van der Waals surface area (Å²) in [6, 6.07) is 14.1. The quantitative estimate of drug-likeness (QED) is 0.543. The Kier molecular flexibility index (Phi) is 9.46. The number of carbonyl (C=O) groups excluding carboxylic acids is 2. The van der Waals surface area contributed by atoms with Gasteiger partial charge in [-0.3, -0.25) is 13.9 Å². The molecule has 2 rings (SSSR count). The molecule has 180 valence electrons. The fraction of sp³-hybridized carbons (Fsp3) is 0.440. The van der Waals surface area contributed by atoms with E-state index in [2.05, 4.69) is 5.32 Å². The highest BCUT2D eigenvalue weighted by Crippen LogP contribution is 2.24. The molecular weight excluding hydrogens is 438 g/mol. The maximum atomic E-state index is 13.6. The molecule has 0 bridgehead atoms. The number of aryl methyl sites for hydroxylation is 2. The molecule has 0 radical (unpaired) electrons. The van der Waals surface area contributed by atoms with E-state index in [9.17, 15) is 18.0 Å². The molecule has 1 unspecified atom stereocenters. The smallest absolute Gasteiger partial charge is 0.244 e. The van der Waals surface area contributed by atoms with Gasteiger partial charge in [-0.15, -0.1) is 0 Å². The third kappa shape index (κ3) is 6.81. The topological polar surface area (TPSA) is 86.8 Å². The Morgan fingerprint density at radius 3 is 2.12 bits per heavy atom. The van der Waals surface area contributed by atoms with Crippen molar-refractivity contribution in [2.75, 3.05) is 23.7 Å². The van der Waals surface area contributed by atoms with E-state index >= 15 is 0 Å². The van der Waals surface area contributed by atoms with Crippen molar-refractivity contribution in [2.45, 2.75) is 53.1 Å². The molecule has 0 aliphatic rings. The molecule has 0 heterocycles. The van der Waals surface area contributed by atoms with Crippen LogP contribution in [0.2, 0.25) is 0 Å². The molecule has 0 saturated heterocycles. The largest absolute Gasteiger partial charge is 0.355 e. The Morgan fingerprint density at radius 1 is 0.970 bits per heavy atom. The van der Waals surface area contributed by atoms with Crippen LogP contribution in [0.1, 0.15) is 43.9 Å². The van der Waals surface area contributed by atoms with E-state index in [1.807, 2.05) is 64.1 Å². The first-order valence-electron chi connectivity index (χ1n) is 11.3. The lowest BCUT2D eigenvalue weighted by molar-refractivity contribution is -0.140. The summed E-state index contributed by atoms with van der Waals surface area (Å²) in [5.41, 5.74) is 3.22. The zero-order chi connectivity index (χ0) is 24.6. The zero-order valence-corrected chi connectivity index (χ0v) is 21.0. The van der Waals surface area contributed by atoms with Crippen LogP contribution >= 0.6 is 0 Å². The second-order valence-electron chi connectivity index (χ2n) is 8.02. The van der Waals surface area contributed by atoms with Crippen molar-refractivity contribution < 1.29 is 18.0 Å². The van der Waals surface area contributed by atoms with Gasteiger partial charge in [0.1, 0.15) is 12.6 Å². The zero-order valence-electron chi connectivity index (χ0n) is 20.2. The normalized spacial score (nSPS) is 12.2. The number of anilines is 1. The van der Waals surface area contributed by atoms with E-state index in [-0.39, 0.29) is 19.0 Å². The summed E-state index contributed by atoms with van der Waals surface area (Å²) in [6.45, 7) is 7.84. The molecular formula is C25H35N3O4S. The van der Waals surface area contributed by atoms with Gasteiger partial charge in [0, 0.05) is 13.1 Å². The number of nitrogens with one attached hydrogen (secondary N) is 1. The van der Waals surface area contributed by atoms with Crippen molar-refractivity contribution in [3.63, 3.8) is 0 Å². The Hall–Kier alpha value is -2.87. The second-order valence-corrected chi connectivity index (χ2v) is 9.93. The Labute approximate surface area is 197 Å². The predicted molar refractivity (Wildman–Crippen MR) is 133 cm³/mol. The maximum Gasteiger partial charge on any atom is 0.244 e. The highest BCUT2D eigenvalue weighted by molar-refractivity contribution is 7.92. The van der Waals surface area contributed by atoms with Crippen molar-refractivity contribution in [1.29, 1.82) is 0 Å². The van der Waals surface area contributed by atoms with E-state index in [4.69, 9.17) is 0 Å². The highest BCUT2D eigenvalue weighted by atomic mass is 32.2. The van der Waals surface area contributed by atoms with Gasteiger partial charge in [0.05, 0.1) is 11.9 Å². The van der Waals surface area contributed by atoms with E-state index in [1.165, 1.54) is 4.90 Å². The number of benzene rings is 2. The highest BCUT2D eigenvalue weighted by Gasteiger charge is 2.32. The van der Waals surface area contributed by atoms with Gasteiger partial charge in [-0.2, -0.15) is 0 Å². The Balaban J connectivity index is 2.48. The van der Waals surface area contributed by atoms with E-state index < -0.39 is 22.0 Å². The molecule has 7 nitrogen and oxygen atoms in total. The fourth-order valence-corrected chi connectivity index (χ4v) is 4.71. The number of rotatable bonds is 11. The van der Waals surface area contributed by atoms with Gasteiger partial charge in [-0.25, -0.2) is 8.42 Å². The number of amides is 2. The lowest BCUT2D eigenvalue weighted by atomic mass is 10.1. The summed E-state index contributed by atoms with van der Waals surface area (Å²) in [4.78, 5) is 27.9. The monoisotopic (exact) mass is 473 g/mol. The van der Waals surface area contributed by atoms with Crippen LogP contribution in [0, 0.1) is 6.92 Å². The van der Waals surface area contributed by atoms with Crippen molar-refractivity contribution in [1.82, 2.24) is 10.2 Å². The van der Waals surface area contributed by atoms with Crippen LogP contribution in [0.3, 0.4) is 0 Å². The molecule has 0 saturated carbocycles. The number of carbonyl (C=O) groups is 2. The van der Waals surface area contributed by atoms with Gasteiger partial charge in [-0.05, 0) is 49.4 Å². The van der Waals surface area contributed by atoms with Gasteiger partial charge < -0.3 is 10.2 Å². The molecule has 0 aromatic heterocycles. The van der Waals surface area contributed by atoms with Crippen LogP contribution in [-0.4, -0.2) is 50.5 Å². The third-order valence-corrected chi connectivity index (χ3v) is 6.79. The first-order valence-corrected chi connectivity index (χ1v) is 13.2. The summed E-state index contributed by atoms with van der Waals surface area (Å²) >= 11 is 0. The van der Waals surface area contributed by atoms with Crippen molar-refractivity contribution in [3.8, 4) is 0 Å². The van der Waals surface area contributed by atoms with Crippen LogP contribution < -0.4 is 9.62 Å². The number of sulfonamides is 1. The first-order chi connectivity index (χ1) is 15.6. The lowest BCUT2D eigenvalue weighted by Gasteiger charge is -2.33. The van der Waals surface area contributed by atoms with Gasteiger partial charge in [0.2, 0.25) is 21.8 Å². The molecule has 1 N–H and O–H groups in total. The standard InChI is InChI=1S/C25H35N3O4S/c1-6-20-14-11-12-16-23(20)28(33(5,31)32)18-24(29)27(22(7-2)25(30)26-8-3)17-21-15-10-9-13-19(21)4/h9-16,22H,6-8,17-18H2,1-5H3,(H,26,30). The SMILES string of the molecule is CCNC(=O)C(CC)N(Cc1ccccc1C)C(=O)CN(c1ccccc1CC)S(C)(=O)=O. The van der Waals surface area contributed by atoms with Crippen molar-refractivity contribution >= 4 is 27.5 Å². The van der Waals surface area contributed by atoms with Crippen LogP contribution in [0.5, 0.6) is 0 Å². The van der Waals surface area contributed by atoms with Crippen LogP contribution in [-0.2, 0) is 32.6 Å². The molecule has 33 heavy (non-hydrogen) atoms. The van der Waals surface area contributed by atoms with Crippen LogP contribution in [0.15, 0.2) is 48.5 Å². The van der Waals surface area contributed by atoms with Gasteiger partial charge in [0.25, 0.3) is 0 Å². The average Bonchev–Trinajstić information content (AvgIpc) is 2.77. The lowest BCUT2D eigenvalue weighted by Crippen LogP contribution is -2.52. The van der Waals surface area contributed by atoms with Crippen LogP contribution in [0.25, 0.3) is 0 Å². The minimum atomic E-state index is -3.74. The number of hydrogen-bond acceptors (Lipinski definition) is 4. The summed E-state index contributed by atoms with van der Waals surface area (Å²) in [7, 11) is -3.74. The minimum Gasteiger partial charge on any atom is -0.355 e. The molecule has 0 aliphatic carbocycles. The number of nitrogens with zero attached hydrogens (tertiary/aromatic N) is 2. The predicted octanol–water partition coefficient (Wildman–Crippen LogP) is 3.27. The molecule has 0 fully saturated rings. The van der Waals surface area contributed by atoms with Crippen LogP contribution in [0.4, 0.5) is 5.69 Å². The number of likely N-dealkylation sites (N-methyl/N-ethyl adjacent to an activating group) is 1. The van der Waals surface area contributed by atoms with Crippen molar-refractivity contribution in [3.05, 3.63) is 65.2 Å². The summed E-state index contributed by atoms with van der Waals surface area (Å²) in [6.07, 6.45) is 2.13. The molecule has 2 amide bonds. The minimum absolute atomic E-state index is 0.216. The maximum absolute atomic E-state index is 13.6. The second kappa shape index (κ2) is 11.8. The Bertz CT molecular complexity index is 1070. The van der Waals surface area contributed by atoms with Gasteiger partial charge in [-0.1, -0.05) is 56.3 Å². The molecule has 2 aromatic rings. The van der Waals surface area contributed by atoms with Gasteiger partial charge in [0.15, 0.2) is 0 Å². The molecule has 8 heteroatoms. The fourth-order valence-electron chi connectivity index (χ4n) is 3.83. The average molecular weight is 474 g/mol. The molecule has 1 atom stereocenters. The number of hydrogen-bond donors (Lipinski definition) is 1. The molecule has 0 spiro atoms. The third-order valence-electron chi connectivity index (χ3n) is 5.66. The van der Waals surface area contributed by atoms with E-state index in [1.54, 1.807) is 12.1 Å². The molecule has 2 aromatic carbocycles.